The van der Waals surface area contributed by atoms with E-state index >= 15 is 0 Å². The monoisotopic (exact) mass is 433 g/mol. The van der Waals surface area contributed by atoms with E-state index in [-0.39, 0.29) is 6.04 Å². The molecule has 160 valence electrons. The minimum Gasteiger partial charge on any atom is -0.361 e. The molecule has 6 heteroatoms. The molecule has 31 heavy (non-hydrogen) atoms. The van der Waals surface area contributed by atoms with E-state index in [2.05, 4.69) is 39.8 Å². The molecule has 5 nitrogen and oxygen atoms in total. The molecule has 0 saturated heterocycles. The molecular formula is C25H27N3O2S. The first-order chi connectivity index (χ1) is 14.9. The fraction of sp³-hybridized carbons (Fsp3) is 0.280. The summed E-state index contributed by atoms with van der Waals surface area (Å²) in [5.74, 6) is -1.25. The van der Waals surface area contributed by atoms with Crippen LogP contribution in [0, 0.1) is 20.8 Å². The van der Waals surface area contributed by atoms with Gasteiger partial charge in [0.2, 0.25) is 0 Å². The van der Waals surface area contributed by atoms with E-state index < -0.39 is 11.8 Å². The molecule has 2 heterocycles. The molecule has 1 aromatic heterocycles. The van der Waals surface area contributed by atoms with Crippen LogP contribution in [-0.4, -0.2) is 24.9 Å². The van der Waals surface area contributed by atoms with E-state index in [4.69, 9.17) is 0 Å². The third kappa shape index (κ3) is 4.49. The summed E-state index contributed by atoms with van der Waals surface area (Å²) >= 11 is 1.67. The van der Waals surface area contributed by atoms with Crippen molar-refractivity contribution >= 4 is 34.5 Å². The lowest BCUT2D eigenvalue weighted by atomic mass is 10.1. The van der Waals surface area contributed by atoms with Crippen LogP contribution in [0.4, 0.5) is 11.4 Å². The highest BCUT2D eigenvalue weighted by molar-refractivity contribution is 7.10. The molecule has 1 aliphatic rings. The summed E-state index contributed by atoms with van der Waals surface area (Å²) in [5.41, 5.74) is 6.24. The van der Waals surface area contributed by atoms with Crippen molar-refractivity contribution in [3.8, 4) is 0 Å². The summed E-state index contributed by atoms with van der Waals surface area (Å²) < 4.78 is 0. The van der Waals surface area contributed by atoms with Gasteiger partial charge in [0.25, 0.3) is 0 Å². The molecule has 1 atom stereocenters. The van der Waals surface area contributed by atoms with E-state index in [1.54, 1.807) is 11.3 Å². The lowest BCUT2D eigenvalue weighted by Crippen LogP contribution is -2.41. The smallest absolute Gasteiger partial charge is 0.313 e. The third-order valence-corrected chi connectivity index (χ3v) is 6.72. The fourth-order valence-corrected chi connectivity index (χ4v) is 5.19. The number of anilines is 2. The van der Waals surface area contributed by atoms with Gasteiger partial charge < -0.3 is 15.5 Å². The predicted octanol–water partition coefficient (Wildman–Crippen LogP) is 4.53. The van der Waals surface area contributed by atoms with Gasteiger partial charge in [-0.05, 0) is 61.4 Å². The number of hydrogen-bond acceptors (Lipinski definition) is 4. The Balaban J connectivity index is 1.47. The number of rotatable bonds is 5. The second kappa shape index (κ2) is 8.94. The number of nitrogens with zero attached hydrogens (tertiary/aromatic N) is 1. The van der Waals surface area contributed by atoms with Gasteiger partial charge in [-0.2, -0.15) is 0 Å². The van der Waals surface area contributed by atoms with E-state index in [1.165, 1.54) is 16.1 Å². The molecule has 1 aliphatic heterocycles. The predicted molar refractivity (Wildman–Crippen MR) is 127 cm³/mol. The third-order valence-electron chi connectivity index (χ3n) is 5.75. The van der Waals surface area contributed by atoms with Crippen LogP contribution in [0.15, 0.2) is 53.9 Å². The van der Waals surface area contributed by atoms with Crippen LogP contribution >= 0.6 is 11.3 Å². The van der Waals surface area contributed by atoms with Crippen LogP contribution in [0.3, 0.4) is 0 Å². The molecule has 0 spiro atoms. The van der Waals surface area contributed by atoms with Crippen LogP contribution in [-0.2, 0) is 16.0 Å². The maximum absolute atomic E-state index is 12.6. The minimum absolute atomic E-state index is 0.0109. The van der Waals surface area contributed by atoms with Gasteiger partial charge >= 0.3 is 11.8 Å². The van der Waals surface area contributed by atoms with Crippen molar-refractivity contribution < 1.29 is 9.59 Å². The number of benzene rings is 2. The number of thiophene rings is 1. The molecule has 1 unspecified atom stereocenters. The van der Waals surface area contributed by atoms with Crippen LogP contribution < -0.4 is 15.5 Å². The summed E-state index contributed by atoms with van der Waals surface area (Å²) in [6.07, 6.45) is 0.985. The first-order valence-electron chi connectivity index (χ1n) is 10.5. The van der Waals surface area contributed by atoms with Crippen molar-refractivity contribution in [3.63, 3.8) is 0 Å². The van der Waals surface area contributed by atoms with Crippen molar-refractivity contribution in [2.45, 2.75) is 33.2 Å². The maximum atomic E-state index is 12.6. The fourth-order valence-electron chi connectivity index (χ4n) is 4.35. The summed E-state index contributed by atoms with van der Waals surface area (Å²) in [6, 6.07) is 16.5. The minimum atomic E-state index is -0.637. The second-order valence-corrected chi connectivity index (χ2v) is 9.02. The molecular weight excluding hydrogens is 406 g/mol. The average molecular weight is 434 g/mol. The van der Waals surface area contributed by atoms with Crippen molar-refractivity contribution in [1.82, 2.24) is 5.32 Å². The lowest BCUT2D eigenvalue weighted by Gasteiger charge is -2.30. The Morgan fingerprint density at radius 1 is 1.03 bits per heavy atom. The molecule has 0 radical (unpaired) electrons. The average Bonchev–Trinajstić information content (AvgIpc) is 3.41. The number of carbonyl (C=O) groups excluding carboxylic acids is 2. The number of nitrogens with one attached hydrogen (secondary N) is 2. The number of carbonyl (C=O) groups is 2. The Hall–Kier alpha value is -3.12. The first-order valence-corrected chi connectivity index (χ1v) is 11.4. The Labute approximate surface area is 187 Å². The molecule has 2 amide bonds. The quantitative estimate of drug-likeness (QED) is 0.581. The number of hydrogen-bond donors (Lipinski definition) is 2. The van der Waals surface area contributed by atoms with Crippen molar-refractivity contribution in [2.24, 2.45) is 0 Å². The molecule has 0 fully saturated rings. The molecule has 4 rings (SSSR count). The highest BCUT2D eigenvalue weighted by Gasteiger charge is 2.28. The summed E-state index contributed by atoms with van der Waals surface area (Å²) in [7, 11) is 0. The zero-order chi connectivity index (χ0) is 22.0. The molecule has 0 bridgehead atoms. The Morgan fingerprint density at radius 2 is 1.77 bits per heavy atom. The topological polar surface area (TPSA) is 61.4 Å². The number of aryl methyl sites for hydroxylation is 3. The maximum Gasteiger partial charge on any atom is 0.313 e. The van der Waals surface area contributed by atoms with Gasteiger partial charge in [0.05, 0.1) is 6.04 Å². The van der Waals surface area contributed by atoms with Gasteiger partial charge in [-0.3, -0.25) is 9.59 Å². The summed E-state index contributed by atoms with van der Waals surface area (Å²) in [5, 5.41) is 7.69. The van der Waals surface area contributed by atoms with Gasteiger partial charge in [0.1, 0.15) is 0 Å². The lowest BCUT2D eigenvalue weighted by molar-refractivity contribution is -0.136. The largest absolute Gasteiger partial charge is 0.361 e. The van der Waals surface area contributed by atoms with Crippen molar-refractivity contribution in [3.05, 3.63) is 81.0 Å². The molecule has 0 saturated carbocycles. The van der Waals surface area contributed by atoms with Crippen LogP contribution in [0.5, 0.6) is 0 Å². The van der Waals surface area contributed by atoms with Gasteiger partial charge in [-0.15, -0.1) is 11.3 Å². The van der Waals surface area contributed by atoms with Crippen LogP contribution in [0.1, 0.15) is 33.2 Å². The number of amides is 2. The Bertz CT molecular complexity index is 1080. The normalized spacial score (nSPS) is 13.6. The van der Waals surface area contributed by atoms with E-state index in [0.29, 0.717) is 12.2 Å². The van der Waals surface area contributed by atoms with E-state index in [0.717, 1.165) is 29.7 Å². The van der Waals surface area contributed by atoms with Crippen LogP contribution in [0.2, 0.25) is 0 Å². The number of fused-ring (bicyclic) bond motifs is 1. The van der Waals surface area contributed by atoms with Gasteiger partial charge in [0.15, 0.2) is 0 Å². The van der Waals surface area contributed by atoms with Crippen molar-refractivity contribution in [2.75, 3.05) is 23.3 Å². The highest BCUT2D eigenvalue weighted by Crippen LogP contribution is 2.36. The van der Waals surface area contributed by atoms with Gasteiger partial charge in [-0.1, -0.05) is 42.0 Å². The van der Waals surface area contributed by atoms with E-state index in [9.17, 15) is 9.59 Å². The second-order valence-electron chi connectivity index (χ2n) is 8.04. The van der Waals surface area contributed by atoms with Crippen LogP contribution in [0.25, 0.3) is 0 Å². The van der Waals surface area contributed by atoms with Gasteiger partial charge in [-0.25, -0.2) is 0 Å². The molecule has 2 aromatic carbocycles. The Morgan fingerprint density at radius 3 is 2.48 bits per heavy atom. The van der Waals surface area contributed by atoms with Crippen molar-refractivity contribution in [1.29, 1.82) is 0 Å². The first kappa shape index (κ1) is 21.1. The SMILES string of the molecule is Cc1cc(C)c(NC(=O)C(=O)NCC(c2cccs2)N2CCc3ccccc32)c(C)c1. The van der Waals surface area contributed by atoms with E-state index in [1.807, 2.05) is 50.4 Å². The Kier molecular flexibility index (Phi) is 6.09. The van der Waals surface area contributed by atoms with Gasteiger partial charge in [0, 0.05) is 29.3 Å². The molecule has 2 N–H and O–H groups in total. The zero-order valence-electron chi connectivity index (χ0n) is 18.1. The zero-order valence-corrected chi connectivity index (χ0v) is 18.9. The number of para-hydroxylation sites is 1. The highest BCUT2D eigenvalue weighted by atomic mass is 32.1. The summed E-state index contributed by atoms with van der Waals surface area (Å²) in [4.78, 5) is 28.7. The standard InChI is InChI=1S/C25H27N3O2S/c1-16-13-17(2)23(18(3)14-16)27-25(30)24(29)26-15-21(22-9-6-12-31-22)28-11-10-19-7-4-5-8-20(19)28/h4-9,12-14,21H,10-11,15H2,1-3H3,(H,26,29)(H,27,30). The molecule has 0 aliphatic carbocycles. The molecule has 3 aromatic rings. The summed E-state index contributed by atoms with van der Waals surface area (Å²) in [6.45, 7) is 7.15.